The lowest BCUT2D eigenvalue weighted by Gasteiger charge is -2.38. The van der Waals surface area contributed by atoms with Gasteiger partial charge in [-0.25, -0.2) is 0 Å². The van der Waals surface area contributed by atoms with Crippen molar-refractivity contribution >= 4 is 10.1 Å². The molecule has 2 aromatic carbocycles. The van der Waals surface area contributed by atoms with E-state index in [1.54, 1.807) is 24.3 Å². The van der Waals surface area contributed by atoms with Crippen LogP contribution in [0.5, 0.6) is 11.5 Å². The van der Waals surface area contributed by atoms with E-state index < -0.39 is 21.0 Å². The van der Waals surface area contributed by atoms with Crippen LogP contribution in [0.2, 0.25) is 0 Å². The maximum absolute atomic E-state index is 13.1. The molecule has 0 unspecified atom stereocenters. The molecule has 0 aromatic heterocycles. The van der Waals surface area contributed by atoms with E-state index in [2.05, 4.69) is 0 Å². The molecule has 0 spiro atoms. The van der Waals surface area contributed by atoms with E-state index in [4.69, 9.17) is 13.7 Å². The number of ether oxygens (including phenoxy) is 2. The molecule has 174 valence electrons. The minimum Gasteiger partial charge on any atom is -0.497 e. The van der Waals surface area contributed by atoms with Crippen molar-refractivity contribution in [1.82, 2.24) is 0 Å². The predicted molar refractivity (Wildman–Crippen MR) is 114 cm³/mol. The average Bonchev–Trinajstić information content (AvgIpc) is 2.75. The molecule has 0 saturated carbocycles. The highest BCUT2D eigenvalue weighted by Gasteiger charge is 2.51. The first-order valence-electron chi connectivity index (χ1n) is 10.1. The van der Waals surface area contributed by atoms with Crippen molar-refractivity contribution in [3.05, 3.63) is 71.5 Å². The molecule has 2 aromatic rings. The van der Waals surface area contributed by atoms with Crippen LogP contribution in [-0.4, -0.2) is 28.1 Å². The minimum absolute atomic E-state index is 0.160. The number of halogens is 3. The summed E-state index contributed by atoms with van der Waals surface area (Å²) in [6, 6.07) is 14.3. The highest BCUT2D eigenvalue weighted by atomic mass is 32.2. The van der Waals surface area contributed by atoms with Crippen molar-refractivity contribution in [2.45, 2.75) is 37.6 Å². The van der Waals surface area contributed by atoms with Crippen LogP contribution in [0.1, 0.15) is 30.4 Å². The molecule has 9 heteroatoms. The second kappa shape index (κ2) is 9.44. The summed E-state index contributed by atoms with van der Waals surface area (Å²) < 4.78 is 78.1. The van der Waals surface area contributed by atoms with Gasteiger partial charge in [0.25, 0.3) is 0 Å². The molecule has 0 amide bonds. The van der Waals surface area contributed by atoms with Gasteiger partial charge in [0.2, 0.25) is 0 Å². The third-order valence-electron chi connectivity index (χ3n) is 5.60. The molecule has 3 rings (SSSR count). The normalized spacial score (nSPS) is 16.2. The molecule has 1 aliphatic rings. The van der Waals surface area contributed by atoms with Crippen LogP contribution in [-0.2, 0) is 27.1 Å². The lowest BCUT2D eigenvalue weighted by molar-refractivity contribution is -0.0536. The average molecular weight is 471 g/mol. The van der Waals surface area contributed by atoms with Gasteiger partial charge in [0.15, 0.2) is 0 Å². The van der Waals surface area contributed by atoms with Crippen molar-refractivity contribution in [2.24, 2.45) is 5.41 Å². The third kappa shape index (κ3) is 5.38. The summed E-state index contributed by atoms with van der Waals surface area (Å²) >= 11 is 0. The van der Waals surface area contributed by atoms with E-state index in [-0.39, 0.29) is 5.76 Å². The van der Waals surface area contributed by atoms with Gasteiger partial charge < -0.3 is 13.7 Å². The van der Waals surface area contributed by atoms with Crippen LogP contribution >= 0.6 is 0 Å². The number of hydrogen-bond acceptors (Lipinski definition) is 5. The molecule has 0 fully saturated rings. The predicted octanol–water partition coefficient (Wildman–Crippen LogP) is 5.41. The second-order valence-corrected chi connectivity index (χ2v) is 9.31. The summed E-state index contributed by atoms with van der Waals surface area (Å²) in [6.07, 6.45) is 3.70. The van der Waals surface area contributed by atoms with Crippen LogP contribution in [0.4, 0.5) is 13.2 Å². The fourth-order valence-electron chi connectivity index (χ4n) is 3.98. The van der Waals surface area contributed by atoms with Gasteiger partial charge >= 0.3 is 15.6 Å². The Hall–Kier alpha value is -2.68. The van der Waals surface area contributed by atoms with Crippen molar-refractivity contribution in [3.8, 4) is 11.5 Å². The first kappa shape index (κ1) is 24.0. The second-order valence-electron chi connectivity index (χ2n) is 7.77. The van der Waals surface area contributed by atoms with Gasteiger partial charge in [-0.1, -0.05) is 24.3 Å². The molecule has 0 bridgehead atoms. The zero-order chi connectivity index (χ0) is 23.4. The number of hydrogen-bond donors (Lipinski definition) is 0. The molecular formula is C23H25F3O5S. The lowest BCUT2D eigenvalue weighted by atomic mass is 9.69. The Kier molecular flexibility index (Phi) is 7.07. The number of rotatable bonds is 8. The standard InChI is InChI=1S/C23H25F3O5S/c1-29-19-10-6-17(7-11-19)15-22(16-18-8-12-20(30-2)13-9-18)14-4-3-5-21(22)31-32(27,28)23(24,25)26/h5-13H,3-4,14-16H2,1-2H3. The monoisotopic (exact) mass is 470 g/mol. The van der Waals surface area contributed by atoms with Gasteiger partial charge in [-0.3, -0.25) is 0 Å². The maximum atomic E-state index is 13.1. The van der Waals surface area contributed by atoms with Crippen LogP contribution in [0.3, 0.4) is 0 Å². The summed E-state index contributed by atoms with van der Waals surface area (Å²) in [6.45, 7) is 0. The van der Waals surface area contributed by atoms with E-state index in [0.29, 0.717) is 43.6 Å². The number of methoxy groups -OCH3 is 2. The van der Waals surface area contributed by atoms with Crippen LogP contribution < -0.4 is 9.47 Å². The zero-order valence-electron chi connectivity index (χ0n) is 17.8. The Morgan fingerprint density at radius 2 is 1.34 bits per heavy atom. The van der Waals surface area contributed by atoms with Gasteiger partial charge in [0.1, 0.15) is 17.3 Å². The zero-order valence-corrected chi connectivity index (χ0v) is 18.6. The Morgan fingerprint density at radius 3 is 1.75 bits per heavy atom. The summed E-state index contributed by atoms with van der Waals surface area (Å²) in [5, 5.41) is 0. The molecule has 0 aliphatic heterocycles. The van der Waals surface area contributed by atoms with Crippen molar-refractivity contribution < 1.29 is 35.2 Å². The van der Waals surface area contributed by atoms with Gasteiger partial charge in [-0.15, -0.1) is 0 Å². The summed E-state index contributed by atoms with van der Waals surface area (Å²) in [4.78, 5) is 0. The van der Waals surface area contributed by atoms with Crippen molar-refractivity contribution in [2.75, 3.05) is 14.2 Å². The summed E-state index contributed by atoms with van der Waals surface area (Å²) in [5.74, 6) is 1.13. The van der Waals surface area contributed by atoms with E-state index in [1.165, 1.54) is 20.3 Å². The topological polar surface area (TPSA) is 61.8 Å². The number of allylic oxidation sites excluding steroid dienone is 2. The smallest absolute Gasteiger partial charge is 0.497 e. The molecule has 0 saturated heterocycles. The van der Waals surface area contributed by atoms with Crippen molar-refractivity contribution in [3.63, 3.8) is 0 Å². The molecular weight excluding hydrogens is 445 g/mol. The quantitative estimate of drug-likeness (QED) is 0.381. The van der Waals surface area contributed by atoms with E-state index in [9.17, 15) is 21.6 Å². The maximum Gasteiger partial charge on any atom is 0.534 e. The summed E-state index contributed by atoms with van der Waals surface area (Å²) in [7, 11) is -2.70. The molecule has 32 heavy (non-hydrogen) atoms. The first-order chi connectivity index (χ1) is 15.1. The Labute approximate surface area is 185 Å². The SMILES string of the molecule is COc1ccc(CC2(Cc3ccc(OC)cc3)CCCC=C2OS(=O)(=O)C(F)(F)F)cc1. The minimum atomic E-state index is -5.78. The largest absolute Gasteiger partial charge is 0.534 e. The highest BCUT2D eigenvalue weighted by Crippen LogP contribution is 2.46. The molecule has 0 N–H and O–H groups in total. The van der Waals surface area contributed by atoms with Crippen LogP contribution in [0.25, 0.3) is 0 Å². The molecule has 0 radical (unpaired) electrons. The molecule has 5 nitrogen and oxygen atoms in total. The van der Waals surface area contributed by atoms with Gasteiger partial charge in [-0.05, 0) is 73.6 Å². The first-order valence-corrected chi connectivity index (χ1v) is 11.5. The lowest BCUT2D eigenvalue weighted by Crippen LogP contribution is -2.36. The number of benzene rings is 2. The van der Waals surface area contributed by atoms with E-state index in [1.807, 2.05) is 24.3 Å². The van der Waals surface area contributed by atoms with E-state index >= 15 is 0 Å². The van der Waals surface area contributed by atoms with Crippen LogP contribution in [0.15, 0.2) is 60.4 Å². The van der Waals surface area contributed by atoms with Gasteiger partial charge in [0.05, 0.1) is 14.2 Å². The number of alkyl halides is 3. The summed E-state index contributed by atoms with van der Waals surface area (Å²) in [5.41, 5.74) is -4.79. The third-order valence-corrected chi connectivity index (χ3v) is 6.56. The van der Waals surface area contributed by atoms with Gasteiger partial charge in [0, 0.05) is 5.41 Å². The molecule has 0 heterocycles. The molecule has 0 atom stereocenters. The Morgan fingerprint density at radius 1 is 0.875 bits per heavy atom. The highest BCUT2D eigenvalue weighted by molar-refractivity contribution is 7.87. The van der Waals surface area contributed by atoms with Crippen molar-refractivity contribution in [1.29, 1.82) is 0 Å². The fraction of sp³-hybridized carbons (Fsp3) is 0.391. The fourth-order valence-corrected chi connectivity index (χ4v) is 4.56. The van der Waals surface area contributed by atoms with Crippen LogP contribution in [0, 0.1) is 5.41 Å². The van der Waals surface area contributed by atoms with E-state index in [0.717, 1.165) is 11.1 Å². The molecule has 1 aliphatic carbocycles. The Balaban J connectivity index is 2.01. The Bertz CT molecular complexity index is 993. The van der Waals surface area contributed by atoms with Gasteiger partial charge in [-0.2, -0.15) is 21.6 Å².